The number of hydrogen-bond acceptors (Lipinski definition) is 4. The fraction of sp³-hybridized carbons (Fsp3) is 0.161. The van der Waals surface area contributed by atoms with Crippen LogP contribution in [-0.2, 0) is 11.4 Å². The van der Waals surface area contributed by atoms with E-state index in [0.29, 0.717) is 19.7 Å². The number of carbonyl (C=O) groups is 1. The number of ether oxygens (including phenoxy) is 1. The first-order valence-electron chi connectivity index (χ1n) is 12.1. The number of rotatable bonds is 6. The van der Waals surface area contributed by atoms with Crippen molar-refractivity contribution < 1.29 is 9.53 Å². The van der Waals surface area contributed by atoms with E-state index >= 15 is 0 Å². The van der Waals surface area contributed by atoms with Crippen LogP contribution >= 0.6 is 0 Å². The van der Waals surface area contributed by atoms with E-state index < -0.39 is 0 Å². The van der Waals surface area contributed by atoms with Gasteiger partial charge in [0.25, 0.3) is 5.91 Å². The van der Waals surface area contributed by atoms with E-state index in [2.05, 4.69) is 53.4 Å². The second kappa shape index (κ2) is 10.8. The van der Waals surface area contributed by atoms with E-state index in [-0.39, 0.29) is 11.5 Å². The third kappa shape index (κ3) is 5.39. The number of piperazine rings is 1. The Morgan fingerprint density at radius 2 is 1.53 bits per heavy atom. The molecular formula is C31H27N3O2. The topological polar surface area (TPSA) is 56.6 Å². The number of benzene rings is 4. The van der Waals surface area contributed by atoms with Crippen molar-refractivity contribution in [2.24, 2.45) is 0 Å². The summed E-state index contributed by atoms with van der Waals surface area (Å²) in [6, 6.07) is 34.3. The first kappa shape index (κ1) is 23.2. The maximum absolute atomic E-state index is 13.0. The molecule has 0 radical (unpaired) electrons. The predicted octanol–water partition coefficient (Wildman–Crippen LogP) is 5.67. The average molecular weight is 474 g/mol. The van der Waals surface area contributed by atoms with E-state index in [1.54, 1.807) is 11.0 Å². The molecule has 1 aliphatic heterocycles. The largest absolute Gasteiger partial charge is 0.489 e. The van der Waals surface area contributed by atoms with Crippen LogP contribution < -0.4 is 9.64 Å². The predicted molar refractivity (Wildman–Crippen MR) is 144 cm³/mol. The Labute approximate surface area is 211 Å². The van der Waals surface area contributed by atoms with Crippen LogP contribution in [0.25, 0.3) is 16.8 Å². The summed E-state index contributed by atoms with van der Waals surface area (Å²) in [7, 11) is 0. The van der Waals surface area contributed by atoms with Crippen molar-refractivity contribution in [3.05, 3.63) is 114 Å². The number of amides is 1. The Hall–Kier alpha value is -4.56. The van der Waals surface area contributed by atoms with Crippen LogP contribution in [0.2, 0.25) is 0 Å². The van der Waals surface area contributed by atoms with Gasteiger partial charge in [-0.2, -0.15) is 5.26 Å². The van der Waals surface area contributed by atoms with E-state index in [9.17, 15) is 10.1 Å². The summed E-state index contributed by atoms with van der Waals surface area (Å²) in [5.74, 6) is 0.518. The molecule has 0 saturated carbocycles. The third-order valence-corrected chi connectivity index (χ3v) is 6.45. The molecule has 0 unspecified atom stereocenters. The number of fused-ring (bicyclic) bond motifs is 1. The fourth-order valence-corrected chi connectivity index (χ4v) is 4.44. The Morgan fingerprint density at radius 1 is 0.833 bits per heavy atom. The zero-order valence-electron chi connectivity index (χ0n) is 20.0. The van der Waals surface area contributed by atoms with Crippen LogP contribution in [0.15, 0.2) is 103 Å². The minimum Gasteiger partial charge on any atom is -0.489 e. The van der Waals surface area contributed by atoms with Crippen LogP contribution in [0, 0.1) is 11.3 Å². The molecule has 1 amide bonds. The summed E-state index contributed by atoms with van der Waals surface area (Å²) in [6.45, 7) is 3.15. The normalized spacial score (nSPS) is 13.9. The fourth-order valence-electron chi connectivity index (χ4n) is 4.44. The van der Waals surface area contributed by atoms with Gasteiger partial charge in [0.15, 0.2) is 0 Å². The van der Waals surface area contributed by atoms with E-state index in [1.165, 1.54) is 10.8 Å². The van der Waals surface area contributed by atoms with Gasteiger partial charge < -0.3 is 14.5 Å². The van der Waals surface area contributed by atoms with E-state index in [1.807, 2.05) is 54.6 Å². The highest BCUT2D eigenvalue weighted by Gasteiger charge is 2.23. The monoisotopic (exact) mass is 473 g/mol. The molecule has 4 aromatic rings. The number of nitriles is 1. The van der Waals surface area contributed by atoms with Gasteiger partial charge in [0.05, 0.1) is 0 Å². The van der Waals surface area contributed by atoms with Crippen LogP contribution in [-0.4, -0.2) is 37.0 Å². The smallest absolute Gasteiger partial charge is 0.264 e. The Morgan fingerprint density at radius 3 is 2.25 bits per heavy atom. The summed E-state index contributed by atoms with van der Waals surface area (Å²) in [4.78, 5) is 17.0. The lowest BCUT2D eigenvalue weighted by Crippen LogP contribution is -2.49. The van der Waals surface area contributed by atoms with Gasteiger partial charge in [0, 0.05) is 31.9 Å². The van der Waals surface area contributed by atoms with Gasteiger partial charge in [0.2, 0.25) is 0 Å². The first-order chi connectivity index (χ1) is 17.7. The molecule has 178 valence electrons. The molecule has 0 atom stereocenters. The van der Waals surface area contributed by atoms with Crippen molar-refractivity contribution in [3.8, 4) is 11.8 Å². The Bertz CT molecular complexity index is 1410. The third-order valence-electron chi connectivity index (χ3n) is 6.45. The standard InChI is InChI=1S/C31H27N3O2/c32-22-28(31(35)34-18-16-33(17-19-34)29-8-2-1-3-9-29)20-24-11-14-30(15-12-24)36-23-25-10-13-26-6-4-5-7-27(26)21-25/h1-15,20-21H,16-19,23H2/b28-20+. The lowest BCUT2D eigenvalue weighted by atomic mass is 10.1. The van der Waals surface area contributed by atoms with Crippen LogP contribution in [0.5, 0.6) is 5.75 Å². The van der Waals surface area contributed by atoms with Crippen molar-refractivity contribution in [1.29, 1.82) is 5.26 Å². The summed E-state index contributed by atoms with van der Waals surface area (Å²) in [6.07, 6.45) is 1.65. The van der Waals surface area contributed by atoms with Gasteiger partial charge in [0.1, 0.15) is 24.0 Å². The van der Waals surface area contributed by atoms with Crippen LogP contribution in [0.1, 0.15) is 11.1 Å². The minimum absolute atomic E-state index is 0.146. The molecule has 0 aromatic heterocycles. The number of nitrogens with zero attached hydrogens (tertiary/aromatic N) is 3. The molecule has 1 aliphatic rings. The summed E-state index contributed by atoms with van der Waals surface area (Å²) in [5, 5.41) is 12.1. The first-order valence-corrected chi connectivity index (χ1v) is 12.1. The molecule has 1 heterocycles. The van der Waals surface area contributed by atoms with Gasteiger partial charge in [-0.1, -0.05) is 66.7 Å². The maximum Gasteiger partial charge on any atom is 0.264 e. The zero-order chi connectivity index (χ0) is 24.7. The number of para-hydroxylation sites is 1. The van der Waals surface area contributed by atoms with Crippen LogP contribution in [0.3, 0.4) is 0 Å². The highest BCUT2D eigenvalue weighted by atomic mass is 16.5. The molecule has 0 bridgehead atoms. The second-order valence-corrected chi connectivity index (χ2v) is 8.82. The molecule has 1 fully saturated rings. The summed E-state index contributed by atoms with van der Waals surface area (Å²) in [5.41, 5.74) is 3.19. The highest BCUT2D eigenvalue weighted by molar-refractivity contribution is 6.01. The Balaban J connectivity index is 1.18. The molecule has 5 nitrogen and oxygen atoms in total. The molecule has 0 spiro atoms. The van der Waals surface area contributed by atoms with Crippen molar-refractivity contribution in [2.45, 2.75) is 6.61 Å². The molecule has 5 rings (SSSR count). The van der Waals surface area contributed by atoms with Gasteiger partial charge in [-0.15, -0.1) is 0 Å². The van der Waals surface area contributed by atoms with Crippen LogP contribution in [0.4, 0.5) is 5.69 Å². The second-order valence-electron chi connectivity index (χ2n) is 8.82. The maximum atomic E-state index is 13.0. The number of hydrogen-bond donors (Lipinski definition) is 0. The SMILES string of the molecule is N#C/C(=C\c1ccc(OCc2ccc3ccccc3c2)cc1)C(=O)N1CCN(c2ccccc2)CC1. The van der Waals surface area contributed by atoms with Gasteiger partial charge >= 0.3 is 0 Å². The molecule has 0 aliphatic carbocycles. The zero-order valence-corrected chi connectivity index (χ0v) is 20.0. The summed E-state index contributed by atoms with van der Waals surface area (Å²) >= 11 is 0. The quantitative estimate of drug-likeness (QED) is 0.267. The van der Waals surface area contributed by atoms with E-state index in [0.717, 1.165) is 35.7 Å². The van der Waals surface area contributed by atoms with Crippen molar-refractivity contribution in [1.82, 2.24) is 4.90 Å². The Kier molecular flexibility index (Phi) is 6.95. The highest BCUT2D eigenvalue weighted by Crippen LogP contribution is 2.20. The molecule has 0 N–H and O–H groups in total. The molecule has 1 saturated heterocycles. The van der Waals surface area contributed by atoms with Crippen molar-refractivity contribution in [3.63, 3.8) is 0 Å². The van der Waals surface area contributed by atoms with Gasteiger partial charge in [-0.3, -0.25) is 4.79 Å². The van der Waals surface area contributed by atoms with Crippen molar-refractivity contribution in [2.75, 3.05) is 31.1 Å². The van der Waals surface area contributed by atoms with Gasteiger partial charge in [-0.05, 0) is 58.3 Å². The lowest BCUT2D eigenvalue weighted by molar-refractivity contribution is -0.126. The molecular weight excluding hydrogens is 446 g/mol. The molecule has 4 aromatic carbocycles. The molecule has 5 heteroatoms. The number of carbonyl (C=O) groups excluding carboxylic acids is 1. The van der Waals surface area contributed by atoms with Crippen molar-refractivity contribution >= 4 is 28.4 Å². The van der Waals surface area contributed by atoms with Gasteiger partial charge in [-0.25, -0.2) is 0 Å². The number of anilines is 1. The molecule has 36 heavy (non-hydrogen) atoms. The average Bonchev–Trinajstić information content (AvgIpc) is 2.95. The minimum atomic E-state index is -0.221. The summed E-state index contributed by atoms with van der Waals surface area (Å²) < 4.78 is 5.95. The lowest BCUT2D eigenvalue weighted by Gasteiger charge is -2.36. The van der Waals surface area contributed by atoms with E-state index in [4.69, 9.17) is 4.74 Å².